The minimum absolute atomic E-state index is 0.0202. The first-order chi connectivity index (χ1) is 15.5. The van der Waals surface area contributed by atoms with Crippen molar-refractivity contribution >= 4 is 37.8 Å². The van der Waals surface area contributed by atoms with Gasteiger partial charge in [-0.3, -0.25) is 14.2 Å². The lowest BCUT2D eigenvalue weighted by molar-refractivity contribution is -0.129. The van der Waals surface area contributed by atoms with Crippen molar-refractivity contribution in [3.8, 4) is 5.75 Å². The molecule has 0 bridgehead atoms. The Morgan fingerprint density at radius 3 is 2.42 bits per heavy atom. The van der Waals surface area contributed by atoms with E-state index in [2.05, 4.69) is 10.6 Å². The molecule has 0 fully saturated rings. The van der Waals surface area contributed by atoms with Crippen molar-refractivity contribution in [1.82, 2.24) is 10.6 Å². The second-order valence-electron chi connectivity index (χ2n) is 7.42. The number of carbonyl (C=O) groups excluding carboxylic acids is 2. The van der Waals surface area contributed by atoms with E-state index < -0.39 is 44.5 Å². The number of benzene rings is 2. The van der Waals surface area contributed by atoms with Gasteiger partial charge < -0.3 is 35.2 Å². The Kier molecular flexibility index (Phi) is 7.23. The summed E-state index contributed by atoms with van der Waals surface area (Å²) in [6.07, 6.45) is 0.166. The van der Waals surface area contributed by atoms with Crippen LogP contribution in [0.3, 0.4) is 0 Å². The van der Waals surface area contributed by atoms with Crippen LogP contribution >= 0.6 is 7.60 Å². The number of para-hydroxylation sites is 1. The average Bonchev–Trinajstić information content (AvgIpc) is 2.76. The van der Waals surface area contributed by atoms with E-state index in [-0.39, 0.29) is 35.0 Å². The van der Waals surface area contributed by atoms with Crippen molar-refractivity contribution < 1.29 is 43.5 Å². The quantitative estimate of drug-likeness (QED) is 0.235. The van der Waals surface area contributed by atoms with Gasteiger partial charge in [-0.25, -0.2) is 4.79 Å². The fourth-order valence-electron chi connectivity index (χ4n) is 3.41. The highest BCUT2D eigenvalue weighted by Crippen LogP contribution is 2.33. The predicted molar refractivity (Wildman–Crippen MR) is 117 cm³/mol. The van der Waals surface area contributed by atoms with Crippen LogP contribution in [0.5, 0.6) is 5.75 Å². The van der Waals surface area contributed by atoms with Gasteiger partial charge in [-0.2, -0.15) is 0 Å². The van der Waals surface area contributed by atoms with Crippen LogP contribution in [0.2, 0.25) is 0 Å². The van der Waals surface area contributed by atoms with E-state index in [0.29, 0.717) is 5.56 Å². The fraction of sp³-hybridized carbons (Fsp3) is 0.250. The van der Waals surface area contributed by atoms with E-state index in [1.165, 1.54) is 24.3 Å². The van der Waals surface area contributed by atoms with Crippen LogP contribution in [0, 0.1) is 0 Å². The molecule has 2 atom stereocenters. The molecular weight excluding hydrogens is 454 g/mol. The van der Waals surface area contributed by atoms with Gasteiger partial charge in [0, 0.05) is 6.42 Å². The van der Waals surface area contributed by atoms with Crippen LogP contribution in [0.1, 0.15) is 40.9 Å². The monoisotopic (exact) mass is 476 g/mol. The Labute approximate surface area is 189 Å². The van der Waals surface area contributed by atoms with Crippen LogP contribution in [0.15, 0.2) is 42.5 Å². The molecule has 2 amide bonds. The maximum absolute atomic E-state index is 13.0. The van der Waals surface area contributed by atoms with Crippen LogP contribution in [0.25, 0.3) is 0 Å². The summed E-state index contributed by atoms with van der Waals surface area (Å²) in [7, 11) is -6.02. The summed E-state index contributed by atoms with van der Waals surface area (Å²) in [5.74, 6) is -3.27. The number of nitrogens with one attached hydrogen (secondary N) is 2. The molecule has 1 aliphatic heterocycles. The van der Waals surface area contributed by atoms with Crippen LogP contribution in [-0.2, 0) is 20.6 Å². The first-order valence-electron chi connectivity index (χ1n) is 9.97. The summed E-state index contributed by atoms with van der Waals surface area (Å²) in [6.45, 7) is 1.59. The zero-order chi connectivity index (χ0) is 24.3. The molecule has 6 N–H and O–H groups in total. The molecule has 13 heteroatoms. The van der Waals surface area contributed by atoms with Crippen molar-refractivity contribution in [2.45, 2.75) is 31.7 Å². The zero-order valence-corrected chi connectivity index (χ0v) is 18.4. The summed E-state index contributed by atoms with van der Waals surface area (Å²) < 4.78 is 16.8. The van der Waals surface area contributed by atoms with Gasteiger partial charge in [-0.15, -0.1) is 0 Å². The standard InChI is InChI=1S/C20H22BN2O9P/c1-2-16(24)23-17(11-6-8-13(9-7-11)33(29,30)31)19(25)22-15-10-12-4-3-5-14(20(26)27)18(12)32-21(15)28/h3-9,15,17,28H,2,10H2,1H3,(H,22,25)(H,23,24)(H,26,27)(H2,29,30,31)/t15-,17?/m0/s1. The molecule has 1 aliphatic rings. The third-order valence-electron chi connectivity index (χ3n) is 5.13. The number of fused-ring (bicyclic) bond motifs is 1. The molecule has 0 saturated carbocycles. The molecule has 33 heavy (non-hydrogen) atoms. The minimum atomic E-state index is -4.48. The van der Waals surface area contributed by atoms with E-state index in [0.717, 1.165) is 12.1 Å². The number of amides is 2. The summed E-state index contributed by atoms with van der Waals surface area (Å²) >= 11 is 0. The zero-order valence-electron chi connectivity index (χ0n) is 17.5. The smallest absolute Gasteiger partial charge is 0.534 e. The largest absolute Gasteiger partial charge is 0.547 e. The third-order valence-corrected chi connectivity index (χ3v) is 6.10. The highest BCUT2D eigenvalue weighted by Gasteiger charge is 2.39. The van der Waals surface area contributed by atoms with Crippen molar-refractivity contribution in [2.75, 3.05) is 0 Å². The highest BCUT2D eigenvalue weighted by molar-refractivity contribution is 7.60. The molecule has 0 aromatic heterocycles. The molecule has 0 spiro atoms. The molecule has 0 saturated heterocycles. The maximum Gasteiger partial charge on any atom is 0.547 e. The number of carbonyl (C=O) groups is 3. The fourth-order valence-corrected chi connectivity index (χ4v) is 3.94. The maximum atomic E-state index is 13.0. The van der Waals surface area contributed by atoms with Crippen LogP contribution in [0.4, 0.5) is 0 Å². The summed E-state index contributed by atoms with van der Waals surface area (Å²) in [6, 6.07) is 8.23. The summed E-state index contributed by atoms with van der Waals surface area (Å²) in [4.78, 5) is 55.0. The van der Waals surface area contributed by atoms with E-state index in [9.17, 15) is 38.9 Å². The highest BCUT2D eigenvalue weighted by atomic mass is 31.2. The molecule has 1 heterocycles. The molecule has 174 valence electrons. The lowest BCUT2D eigenvalue weighted by Crippen LogP contribution is -2.55. The topological polar surface area (TPSA) is 182 Å². The molecule has 1 unspecified atom stereocenters. The second-order valence-corrected chi connectivity index (χ2v) is 9.02. The van der Waals surface area contributed by atoms with E-state index in [1.807, 2.05) is 0 Å². The lowest BCUT2D eigenvalue weighted by atomic mass is 9.72. The van der Waals surface area contributed by atoms with Gasteiger partial charge in [0.25, 0.3) is 0 Å². The Bertz CT molecular complexity index is 1120. The number of carboxylic acids is 1. The molecule has 0 aliphatic carbocycles. The second kappa shape index (κ2) is 9.76. The van der Waals surface area contributed by atoms with Crippen molar-refractivity contribution in [1.29, 1.82) is 0 Å². The third kappa shape index (κ3) is 5.61. The van der Waals surface area contributed by atoms with Gasteiger partial charge in [0.1, 0.15) is 11.8 Å². The molecule has 11 nitrogen and oxygen atoms in total. The van der Waals surface area contributed by atoms with Gasteiger partial charge in [0.05, 0.1) is 16.8 Å². The first kappa shape index (κ1) is 24.5. The van der Waals surface area contributed by atoms with E-state index in [1.54, 1.807) is 13.0 Å². The average molecular weight is 476 g/mol. The summed E-state index contributed by atoms with van der Waals surface area (Å²) in [5.41, 5.74) is 0.631. The number of hydrogen-bond donors (Lipinski definition) is 6. The molecule has 2 aromatic carbocycles. The molecule has 0 radical (unpaired) electrons. The van der Waals surface area contributed by atoms with Gasteiger partial charge in [0.15, 0.2) is 0 Å². The normalized spacial score (nSPS) is 16.2. The Hall–Kier alpha value is -3.18. The van der Waals surface area contributed by atoms with Crippen LogP contribution < -0.4 is 20.6 Å². The summed E-state index contributed by atoms with van der Waals surface area (Å²) in [5, 5.41) is 24.6. The van der Waals surface area contributed by atoms with E-state index >= 15 is 0 Å². The Morgan fingerprint density at radius 2 is 1.85 bits per heavy atom. The number of rotatable bonds is 7. The lowest BCUT2D eigenvalue weighted by Gasteiger charge is -2.30. The Morgan fingerprint density at radius 1 is 1.18 bits per heavy atom. The Balaban J connectivity index is 1.84. The van der Waals surface area contributed by atoms with Gasteiger partial charge in [-0.05, 0) is 35.7 Å². The van der Waals surface area contributed by atoms with Gasteiger partial charge >= 0.3 is 20.7 Å². The predicted octanol–water partition coefficient (Wildman–Crippen LogP) is -0.105. The van der Waals surface area contributed by atoms with Crippen molar-refractivity contribution in [3.05, 3.63) is 59.2 Å². The van der Waals surface area contributed by atoms with Crippen LogP contribution in [-0.4, -0.2) is 50.8 Å². The minimum Gasteiger partial charge on any atom is -0.534 e. The van der Waals surface area contributed by atoms with Crippen molar-refractivity contribution in [3.63, 3.8) is 0 Å². The first-order valence-corrected chi connectivity index (χ1v) is 11.6. The molecular formula is C20H22BN2O9P. The van der Waals surface area contributed by atoms with Crippen molar-refractivity contribution in [2.24, 2.45) is 0 Å². The molecule has 2 aromatic rings. The molecule has 3 rings (SSSR count). The number of carboxylic acid groups (broad SMARTS) is 1. The van der Waals surface area contributed by atoms with Gasteiger partial charge in [0.2, 0.25) is 11.8 Å². The number of hydrogen-bond acceptors (Lipinski definition) is 6. The SMILES string of the molecule is CCC(=O)NC(C(=O)N[C@H]1Cc2cccc(C(=O)O)c2OB1O)c1ccc(P(=O)(O)O)cc1. The van der Waals surface area contributed by atoms with E-state index in [4.69, 9.17) is 4.65 Å². The number of aromatic carboxylic acids is 1. The van der Waals surface area contributed by atoms with Gasteiger partial charge in [-0.1, -0.05) is 31.2 Å².